The van der Waals surface area contributed by atoms with Crippen LogP contribution < -0.4 is 10.6 Å². The lowest BCUT2D eigenvalue weighted by atomic mass is 10.4. The Labute approximate surface area is 96.6 Å². The number of aromatic nitrogens is 1. The minimum Gasteiger partial charge on any atom is -0.336 e. The van der Waals surface area contributed by atoms with Crippen molar-refractivity contribution in [2.24, 2.45) is 0 Å². The van der Waals surface area contributed by atoms with E-state index in [-0.39, 0.29) is 12.1 Å². The monoisotopic (exact) mass is 305 g/mol. The van der Waals surface area contributed by atoms with Gasteiger partial charge in [-0.1, -0.05) is 0 Å². The van der Waals surface area contributed by atoms with Crippen molar-refractivity contribution in [2.75, 3.05) is 5.32 Å². The van der Waals surface area contributed by atoms with Crippen LogP contribution in [0.1, 0.15) is 13.8 Å². The van der Waals surface area contributed by atoms with E-state index < -0.39 is 0 Å². The van der Waals surface area contributed by atoms with Crippen LogP contribution in [0.2, 0.25) is 0 Å². The second kappa shape index (κ2) is 5.14. The number of hydrogen-bond donors (Lipinski definition) is 2. The molecule has 1 aromatic heterocycles. The average Bonchev–Trinajstić information content (AvgIpc) is 2.07. The topological polar surface area (TPSA) is 54.0 Å². The molecule has 0 bridgehead atoms. The van der Waals surface area contributed by atoms with Gasteiger partial charge in [0.25, 0.3) is 0 Å². The fourth-order valence-electron chi connectivity index (χ4n) is 0.864. The number of amides is 2. The molecular weight excluding hydrogens is 293 g/mol. The van der Waals surface area contributed by atoms with E-state index in [1.54, 1.807) is 12.3 Å². The summed E-state index contributed by atoms with van der Waals surface area (Å²) < 4.78 is 1.04. The standard InChI is InChI=1S/C9H12IN3O/c1-6(2)12-9(14)13-8-4-3-7(10)5-11-8/h3-6H,1-2H3,(H2,11,12,13,14). The molecule has 0 aliphatic carbocycles. The van der Waals surface area contributed by atoms with Crippen LogP contribution in [0.25, 0.3) is 0 Å². The second-order valence-corrected chi connectivity index (χ2v) is 4.36. The molecule has 76 valence electrons. The third-order valence-electron chi connectivity index (χ3n) is 1.39. The third-order valence-corrected chi connectivity index (χ3v) is 2.03. The highest BCUT2D eigenvalue weighted by Crippen LogP contribution is 2.06. The molecule has 1 aromatic rings. The lowest BCUT2D eigenvalue weighted by Gasteiger charge is -2.09. The van der Waals surface area contributed by atoms with Crippen molar-refractivity contribution in [2.45, 2.75) is 19.9 Å². The van der Waals surface area contributed by atoms with E-state index in [0.29, 0.717) is 5.82 Å². The summed E-state index contributed by atoms with van der Waals surface area (Å²) in [5.74, 6) is 0.559. The summed E-state index contributed by atoms with van der Waals surface area (Å²) in [6.45, 7) is 3.81. The maximum Gasteiger partial charge on any atom is 0.320 e. The fraction of sp³-hybridized carbons (Fsp3) is 0.333. The minimum atomic E-state index is -0.228. The smallest absolute Gasteiger partial charge is 0.320 e. The Kier molecular flexibility index (Phi) is 4.12. The number of halogens is 1. The van der Waals surface area contributed by atoms with Gasteiger partial charge in [0.05, 0.1) is 0 Å². The molecule has 5 heteroatoms. The van der Waals surface area contributed by atoms with Crippen molar-refractivity contribution < 1.29 is 4.79 Å². The summed E-state index contributed by atoms with van der Waals surface area (Å²) >= 11 is 2.16. The molecule has 0 aliphatic rings. The molecule has 14 heavy (non-hydrogen) atoms. The van der Waals surface area contributed by atoms with Gasteiger partial charge in [-0.15, -0.1) is 0 Å². The maximum absolute atomic E-state index is 11.2. The van der Waals surface area contributed by atoms with Gasteiger partial charge in [-0.2, -0.15) is 0 Å². The Morgan fingerprint density at radius 2 is 2.21 bits per heavy atom. The van der Waals surface area contributed by atoms with Crippen molar-refractivity contribution in [1.29, 1.82) is 0 Å². The van der Waals surface area contributed by atoms with E-state index in [9.17, 15) is 4.79 Å². The van der Waals surface area contributed by atoms with Gasteiger partial charge in [-0.3, -0.25) is 5.32 Å². The van der Waals surface area contributed by atoms with E-state index in [1.165, 1.54) is 0 Å². The summed E-state index contributed by atoms with van der Waals surface area (Å²) in [6.07, 6.45) is 1.70. The zero-order valence-electron chi connectivity index (χ0n) is 8.04. The first-order valence-corrected chi connectivity index (χ1v) is 5.35. The summed E-state index contributed by atoms with van der Waals surface area (Å²) in [7, 11) is 0. The van der Waals surface area contributed by atoms with Crippen molar-refractivity contribution >= 4 is 34.4 Å². The van der Waals surface area contributed by atoms with Crippen molar-refractivity contribution in [1.82, 2.24) is 10.3 Å². The molecule has 0 aromatic carbocycles. The van der Waals surface area contributed by atoms with Crippen LogP contribution in [0.5, 0.6) is 0 Å². The molecule has 0 spiro atoms. The molecule has 2 N–H and O–H groups in total. The molecule has 4 nitrogen and oxygen atoms in total. The molecule has 0 saturated heterocycles. The van der Waals surface area contributed by atoms with Gasteiger partial charge in [0, 0.05) is 15.8 Å². The number of hydrogen-bond acceptors (Lipinski definition) is 2. The van der Waals surface area contributed by atoms with E-state index in [2.05, 4.69) is 38.2 Å². The van der Waals surface area contributed by atoms with E-state index in [4.69, 9.17) is 0 Å². The highest BCUT2D eigenvalue weighted by Gasteiger charge is 2.03. The van der Waals surface area contributed by atoms with E-state index >= 15 is 0 Å². The van der Waals surface area contributed by atoms with Crippen LogP contribution in [0.15, 0.2) is 18.3 Å². The number of carbonyl (C=O) groups excluding carboxylic acids is 1. The molecule has 0 saturated carbocycles. The van der Waals surface area contributed by atoms with E-state index in [0.717, 1.165) is 3.57 Å². The number of rotatable bonds is 2. The maximum atomic E-state index is 11.2. The van der Waals surface area contributed by atoms with Gasteiger partial charge in [-0.05, 0) is 48.6 Å². The SMILES string of the molecule is CC(C)NC(=O)Nc1ccc(I)cn1. The van der Waals surface area contributed by atoms with Gasteiger partial charge in [0.1, 0.15) is 5.82 Å². The first-order valence-electron chi connectivity index (χ1n) is 4.27. The first-order chi connectivity index (χ1) is 6.58. The van der Waals surface area contributed by atoms with Gasteiger partial charge in [-0.25, -0.2) is 9.78 Å². The van der Waals surface area contributed by atoms with Crippen molar-refractivity contribution in [3.05, 3.63) is 21.9 Å². The van der Waals surface area contributed by atoms with Crippen LogP contribution >= 0.6 is 22.6 Å². The quantitative estimate of drug-likeness (QED) is 0.823. The molecule has 0 aliphatic heterocycles. The number of urea groups is 1. The summed E-state index contributed by atoms with van der Waals surface area (Å²) in [4.78, 5) is 15.3. The Morgan fingerprint density at radius 3 is 2.71 bits per heavy atom. The van der Waals surface area contributed by atoms with Gasteiger partial charge in [0.2, 0.25) is 0 Å². The highest BCUT2D eigenvalue weighted by molar-refractivity contribution is 14.1. The largest absolute Gasteiger partial charge is 0.336 e. The van der Waals surface area contributed by atoms with Crippen LogP contribution in [-0.2, 0) is 0 Å². The molecule has 2 amide bonds. The highest BCUT2D eigenvalue weighted by atomic mass is 127. The zero-order chi connectivity index (χ0) is 10.6. The molecular formula is C9H12IN3O. The number of nitrogens with one attached hydrogen (secondary N) is 2. The minimum absolute atomic E-state index is 0.124. The molecule has 0 atom stereocenters. The Bertz CT molecular complexity index is 310. The lowest BCUT2D eigenvalue weighted by Crippen LogP contribution is -2.34. The van der Waals surface area contributed by atoms with Gasteiger partial charge < -0.3 is 5.32 Å². The van der Waals surface area contributed by atoms with Crippen LogP contribution in [-0.4, -0.2) is 17.1 Å². The normalized spacial score (nSPS) is 10.0. The van der Waals surface area contributed by atoms with Crippen molar-refractivity contribution in [3.63, 3.8) is 0 Å². The van der Waals surface area contributed by atoms with Crippen LogP contribution in [0.3, 0.4) is 0 Å². The first kappa shape index (κ1) is 11.2. The third kappa shape index (κ3) is 3.91. The van der Waals surface area contributed by atoms with Gasteiger partial charge >= 0.3 is 6.03 Å². The number of nitrogens with zero attached hydrogens (tertiary/aromatic N) is 1. The Hall–Kier alpha value is -0.850. The summed E-state index contributed by atoms with van der Waals surface area (Å²) in [5, 5.41) is 5.35. The molecule has 0 radical (unpaired) electrons. The summed E-state index contributed by atoms with van der Waals surface area (Å²) in [5.41, 5.74) is 0. The number of pyridine rings is 1. The molecule has 1 rings (SSSR count). The Morgan fingerprint density at radius 1 is 1.50 bits per heavy atom. The summed E-state index contributed by atoms with van der Waals surface area (Å²) in [6, 6.07) is 3.55. The predicted octanol–water partition coefficient (Wildman–Crippen LogP) is 2.22. The number of carbonyl (C=O) groups is 1. The van der Waals surface area contributed by atoms with Crippen molar-refractivity contribution in [3.8, 4) is 0 Å². The fourth-order valence-corrected chi connectivity index (χ4v) is 1.18. The average molecular weight is 305 g/mol. The van der Waals surface area contributed by atoms with Gasteiger partial charge in [0.15, 0.2) is 0 Å². The predicted molar refractivity (Wildman–Crippen MR) is 64.2 cm³/mol. The van der Waals surface area contributed by atoms with Crippen LogP contribution in [0, 0.1) is 3.57 Å². The number of anilines is 1. The molecule has 1 heterocycles. The second-order valence-electron chi connectivity index (χ2n) is 3.11. The molecule has 0 fully saturated rings. The zero-order valence-corrected chi connectivity index (χ0v) is 10.2. The van der Waals surface area contributed by atoms with E-state index in [1.807, 2.05) is 19.9 Å². The lowest BCUT2D eigenvalue weighted by molar-refractivity contribution is 0.250. The van der Waals surface area contributed by atoms with Crippen LogP contribution in [0.4, 0.5) is 10.6 Å². The Balaban J connectivity index is 2.52. The molecule has 0 unspecified atom stereocenters.